The van der Waals surface area contributed by atoms with Crippen molar-refractivity contribution in [2.75, 3.05) is 13.2 Å². The van der Waals surface area contributed by atoms with Gasteiger partial charge in [0.2, 0.25) is 0 Å². The van der Waals surface area contributed by atoms with E-state index in [0.717, 1.165) is 12.8 Å². The lowest BCUT2D eigenvalue weighted by Crippen LogP contribution is -2.49. The van der Waals surface area contributed by atoms with Crippen molar-refractivity contribution < 1.29 is 13.9 Å². The van der Waals surface area contributed by atoms with Gasteiger partial charge in [0.1, 0.15) is 5.82 Å². The smallest absolute Gasteiger partial charge is 0.254 e. The maximum absolute atomic E-state index is 13.6. The summed E-state index contributed by atoms with van der Waals surface area (Å²) in [7, 11) is 0. The summed E-state index contributed by atoms with van der Waals surface area (Å²) in [6.45, 7) is 3.21. The molecular weight excluding hydrogens is 301 g/mol. The SMILES string of the molecule is CC1(NC(=O)c2cc(Br)ccc2F)CCOCC1. The van der Waals surface area contributed by atoms with Gasteiger partial charge >= 0.3 is 0 Å². The molecule has 18 heavy (non-hydrogen) atoms. The molecule has 1 fully saturated rings. The summed E-state index contributed by atoms with van der Waals surface area (Å²) in [5.41, 5.74) is -0.249. The minimum atomic E-state index is -0.508. The number of halogens is 2. The maximum Gasteiger partial charge on any atom is 0.254 e. The number of carbonyl (C=O) groups excluding carboxylic acids is 1. The summed E-state index contributed by atoms with van der Waals surface area (Å²) >= 11 is 3.24. The van der Waals surface area contributed by atoms with Gasteiger partial charge in [-0.2, -0.15) is 0 Å². The lowest BCUT2D eigenvalue weighted by Gasteiger charge is -2.34. The van der Waals surface area contributed by atoms with Crippen LogP contribution in [0.15, 0.2) is 22.7 Å². The van der Waals surface area contributed by atoms with Crippen LogP contribution in [0.3, 0.4) is 0 Å². The van der Waals surface area contributed by atoms with E-state index in [1.165, 1.54) is 12.1 Å². The van der Waals surface area contributed by atoms with Crippen LogP contribution in [-0.4, -0.2) is 24.7 Å². The molecular formula is C13H15BrFNO2. The average Bonchev–Trinajstić information content (AvgIpc) is 2.32. The minimum Gasteiger partial charge on any atom is -0.381 e. The number of hydrogen-bond acceptors (Lipinski definition) is 2. The zero-order valence-electron chi connectivity index (χ0n) is 10.1. The first-order chi connectivity index (χ1) is 8.50. The van der Waals surface area contributed by atoms with E-state index in [9.17, 15) is 9.18 Å². The number of rotatable bonds is 2. The van der Waals surface area contributed by atoms with Gasteiger partial charge in [0.15, 0.2) is 0 Å². The monoisotopic (exact) mass is 315 g/mol. The zero-order valence-corrected chi connectivity index (χ0v) is 11.7. The van der Waals surface area contributed by atoms with Crippen LogP contribution in [0.25, 0.3) is 0 Å². The van der Waals surface area contributed by atoms with Gasteiger partial charge in [0.05, 0.1) is 5.56 Å². The first kappa shape index (κ1) is 13.5. The number of benzene rings is 1. The lowest BCUT2D eigenvalue weighted by molar-refractivity contribution is 0.0421. The summed E-state index contributed by atoms with van der Waals surface area (Å²) in [5.74, 6) is -0.885. The van der Waals surface area contributed by atoms with Crippen molar-refractivity contribution in [1.82, 2.24) is 5.32 Å². The number of ether oxygens (including phenoxy) is 1. The highest BCUT2D eigenvalue weighted by atomic mass is 79.9. The van der Waals surface area contributed by atoms with Gasteiger partial charge in [-0.25, -0.2) is 4.39 Å². The fraction of sp³-hybridized carbons (Fsp3) is 0.462. The molecule has 1 aliphatic rings. The van der Waals surface area contributed by atoms with Gasteiger partial charge in [0, 0.05) is 23.2 Å². The molecule has 1 aromatic carbocycles. The Bertz CT molecular complexity index is 458. The van der Waals surface area contributed by atoms with E-state index in [1.54, 1.807) is 6.07 Å². The maximum atomic E-state index is 13.6. The first-order valence-corrected chi connectivity index (χ1v) is 6.65. The zero-order chi connectivity index (χ0) is 13.2. The van der Waals surface area contributed by atoms with Crippen LogP contribution in [-0.2, 0) is 4.74 Å². The normalized spacial score (nSPS) is 18.4. The molecule has 0 bridgehead atoms. The van der Waals surface area contributed by atoms with Gasteiger partial charge < -0.3 is 10.1 Å². The van der Waals surface area contributed by atoms with E-state index in [1.807, 2.05) is 6.92 Å². The first-order valence-electron chi connectivity index (χ1n) is 5.85. The van der Waals surface area contributed by atoms with Crippen molar-refractivity contribution in [3.8, 4) is 0 Å². The molecule has 1 aliphatic heterocycles. The molecule has 0 spiro atoms. The van der Waals surface area contributed by atoms with Crippen molar-refractivity contribution >= 4 is 21.8 Å². The third-order valence-electron chi connectivity index (χ3n) is 3.18. The third kappa shape index (κ3) is 3.09. The molecule has 0 atom stereocenters. The summed E-state index contributed by atoms with van der Waals surface area (Å²) in [5, 5.41) is 2.90. The summed E-state index contributed by atoms with van der Waals surface area (Å²) in [4.78, 5) is 12.1. The molecule has 5 heteroatoms. The molecule has 3 nitrogen and oxygen atoms in total. The highest BCUT2D eigenvalue weighted by Gasteiger charge is 2.30. The van der Waals surface area contributed by atoms with Crippen LogP contribution in [0, 0.1) is 5.82 Å². The van der Waals surface area contributed by atoms with Gasteiger partial charge in [-0.15, -0.1) is 0 Å². The van der Waals surface area contributed by atoms with Crippen LogP contribution >= 0.6 is 15.9 Å². The molecule has 2 rings (SSSR count). The standard InChI is InChI=1S/C13H15BrFNO2/c1-13(4-6-18-7-5-13)16-12(17)10-8-9(14)2-3-11(10)15/h2-3,8H,4-7H2,1H3,(H,16,17). The fourth-order valence-electron chi connectivity index (χ4n) is 1.96. The van der Waals surface area contributed by atoms with E-state index in [-0.39, 0.29) is 17.0 Å². The molecule has 1 amide bonds. The largest absolute Gasteiger partial charge is 0.381 e. The van der Waals surface area contributed by atoms with Crippen molar-refractivity contribution in [2.24, 2.45) is 0 Å². The lowest BCUT2D eigenvalue weighted by atomic mass is 9.92. The molecule has 0 unspecified atom stereocenters. The van der Waals surface area contributed by atoms with Gasteiger partial charge in [0.25, 0.3) is 5.91 Å². The second-order valence-electron chi connectivity index (χ2n) is 4.75. The molecule has 1 saturated heterocycles. The number of carbonyl (C=O) groups is 1. The van der Waals surface area contributed by atoms with Gasteiger partial charge in [-0.05, 0) is 38.0 Å². The van der Waals surface area contributed by atoms with Crippen LogP contribution in [0.5, 0.6) is 0 Å². The molecule has 0 saturated carbocycles. The van der Waals surface area contributed by atoms with Crippen molar-refractivity contribution in [1.29, 1.82) is 0 Å². The van der Waals surface area contributed by atoms with Crippen molar-refractivity contribution in [3.63, 3.8) is 0 Å². The fourth-order valence-corrected chi connectivity index (χ4v) is 2.32. The number of amides is 1. The summed E-state index contributed by atoms with van der Waals surface area (Å²) < 4.78 is 19.5. The highest BCUT2D eigenvalue weighted by Crippen LogP contribution is 2.22. The Morgan fingerprint density at radius 2 is 2.11 bits per heavy atom. The van der Waals surface area contributed by atoms with Gasteiger partial charge in [-0.3, -0.25) is 4.79 Å². The topological polar surface area (TPSA) is 38.3 Å². The predicted molar refractivity (Wildman–Crippen MR) is 70.0 cm³/mol. The van der Waals surface area contributed by atoms with E-state index >= 15 is 0 Å². The van der Waals surface area contributed by atoms with E-state index < -0.39 is 5.82 Å². The Morgan fingerprint density at radius 3 is 2.78 bits per heavy atom. The Kier molecular flexibility index (Phi) is 4.02. The Labute approximate surface area is 114 Å². The predicted octanol–water partition coefficient (Wildman–Crippen LogP) is 2.89. The molecule has 0 aliphatic carbocycles. The van der Waals surface area contributed by atoms with Crippen LogP contribution < -0.4 is 5.32 Å². The molecule has 1 aromatic rings. The number of hydrogen-bond donors (Lipinski definition) is 1. The average molecular weight is 316 g/mol. The number of nitrogens with one attached hydrogen (secondary N) is 1. The second kappa shape index (κ2) is 5.36. The van der Waals surface area contributed by atoms with Crippen LogP contribution in [0.1, 0.15) is 30.1 Å². The third-order valence-corrected chi connectivity index (χ3v) is 3.68. The van der Waals surface area contributed by atoms with Gasteiger partial charge in [-0.1, -0.05) is 15.9 Å². The Balaban J connectivity index is 2.14. The van der Waals surface area contributed by atoms with E-state index in [0.29, 0.717) is 17.7 Å². The second-order valence-corrected chi connectivity index (χ2v) is 5.67. The van der Waals surface area contributed by atoms with Crippen molar-refractivity contribution in [2.45, 2.75) is 25.3 Å². The van der Waals surface area contributed by atoms with Crippen molar-refractivity contribution in [3.05, 3.63) is 34.1 Å². The van der Waals surface area contributed by atoms with Crippen LogP contribution in [0.4, 0.5) is 4.39 Å². The Hall–Kier alpha value is -0.940. The molecule has 1 N–H and O–H groups in total. The van der Waals surface area contributed by atoms with E-state index in [4.69, 9.17) is 4.74 Å². The molecule has 98 valence electrons. The molecule has 1 heterocycles. The molecule has 0 radical (unpaired) electrons. The van der Waals surface area contributed by atoms with Crippen LogP contribution in [0.2, 0.25) is 0 Å². The van der Waals surface area contributed by atoms with E-state index in [2.05, 4.69) is 21.2 Å². The summed E-state index contributed by atoms with van der Waals surface area (Å²) in [6.07, 6.45) is 1.49. The summed E-state index contributed by atoms with van der Waals surface area (Å²) in [6, 6.07) is 4.35. The molecule has 0 aromatic heterocycles. The minimum absolute atomic E-state index is 0.0668. The highest BCUT2D eigenvalue weighted by molar-refractivity contribution is 9.10. The Morgan fingerprint density at radius 1 is 1.44 bits per heavy atom. The quantitative estimate of drug-likeness (QED) is 0.911.